The van der Waals surface area contributed by atoms with E-state index in [-0.39, 0.29) is 6.03 Å². The van der Waals surface area contributed by atoms with E-state index in [4.69, 9.17) is 0 Å². The third kappa shape index (κ3) is 3.60. The lowest BCUT2D eigenvalue weighted by Crippen LogP contribution is -2.53. The second kappa shape index (κ2) is 6.84. The molecule has 1 saturated heterocycles. The molecular formula is C13H27N3O. The molecule has 100 valence electrons. The van der Waals surface area contributed by atoms with Gasteiger partial charge >= 0.3 is 6.03 Å². The Labute approximate surface area is 105 Å². The van der Waals surface area contributed by atoms with Crippen molar-refractivity contribution in [3.8, 4) is 0 Å². The summed E-state index contributed by atoms with van der Waals surface area (Å²) in [5, 5.41) is 3.54. The van der Waals surface area contributed by atoms with Gasteiger partial charge in [0.05, 0.1) is 0 Å². The highest BCUT2D eigenvalue weighted by Gasteiger charge is 2.30. The highest BCUT2D eigenvalue weighted by molar-refractivity contribution is 5.74. The third-order valence-corrected chi connectivity index (χ3v) is 3.80. The minimum atomic E-state index is 0.181. The van der Waals surface area contributed by atoms with Crippen LogP contribution >= 0.6 is 0 Å². The van der Waals surface area contributed by atoms with E-state index in [9.17, 15) is 4.79 Å². The highest BCUT2D eigenvalue weighted by Crippen LogP contribution is 2.21. The molecule has 2 unspecified atom stereocenters. The molecule has 17 heavy (non-hydrogen) atoms. The average molecular weight is 241 g/mol. The van der Waals surface area contributed by atoms with Crippen LogP contribution in [-0.4, -0.2) is 55.1 Å². The van der Waals surface area contributed by atoms with Gasteiger partial charge in [0.25, 0.3) is 0 Å². The van der Waals surface area contributed by atoms with Crippen LogP contribution in [-0.2, 0) is 0 Å². The molecule has 0 aromatic heterocycles. The molecule has 0 aromatic rings. The first-order valence-electron chi connectivity index (χ1n) is 6.87. The fourth-order valence-electron chi connectivity index (χ4n) is 2.53. The number of hydrogen-bond donors (Lipinski definition) is 1. The number of amides is 2. The Kier molecular flexibility index (Phi) is 5.75. The van der Waals surface area contributed by atoms with Crippen LogP contribution in [0.3, 0.4) is 0 Å². The molecule has 0 bridgehead atoms. The van der Waals surface area contributed by atoms with Crippen LogP contribution in [0.2, 0.25) is 0 Å². The van der Waals surface area contributed by atoms with Gasteiger partial charge in [-0.15, -0.1) is 0 Å². The zero-order chi connectivity index (χ0) is 12.8. The molecule has 0 saturated carbocycles. The van der Waals surface area contributed by atoms with E-state index in [0.717, 1.165) is 39.0 Å². The summed E-state index contributed by atoms with van der Waals surface area (Å²) in [7, 11) is 1.87. The lowest BCUT2D eigenvalue weighted by atomic mass is 9.90. The summed E-state index contributed by atoms with van der Waals surface area (Å²) in [5.74, 6) is 0.595. The van der Waals surface area contributed by atoms with Crippen LogP contribution in [0.1, 0.15) is 33.6 Å². The van der Waals surface area contributed by atoms with E-state index in [2.05, 4.69) is 19.2 Å². The lowest BCUT2D eigenvalue weighted by molar-refractivity contribution is 0.120. The van der Waals surface area contributed by atoms with Gasteiger partial charge in [0, 0.05) is 32.7 Å². The van der Waals surface area contributed by atoms with E-state index >= 15 is 0 Å². The van der Waals surface area contributed by atoms with E-state index in [0.29, 0.717) is 12.0 Å². The number of urea groups is 1. The van der Waals surface area contributed by atoms with Crippen LogP contribution in [0, 0.1) is 5.92 Å². The molecule has 2 atom stereocenters. The Morgan fingerprint density at radius 1 is 1.41 bits per heavy atom. The van der Waals surface area contributed by atoms with Gasteiger partial charge in [-0.25, -0.2) is 4.79 Å². The van der Waals surface area contributed by atoms with Crippen molar-refractivity contribution in [3.05, 3.63) is 0 Å². The average Bonchev–Trinajstić information content (AvgIpc) is 2.37. The molecule has 1 aliphatic heterocycles. The van der Waals surface area contributed by atoms with Gasteiger partial charge in [0.2, 0.25) is 0 Å². The van der Waals surface area contributed by atoms with Crippen molar-refractivity contribution in [2.24, 2.45) is 5.92 Å². The predicted octanol–water partition coefficient (Wildman–Crippen LogP) is 1.77. The number of rotatable bonds is 4. The molecule has 0 aromatic carbocycles. The molecule has 0 aliphatic carbocycles. The largest absolute Gasteiger partial charge is 0.328 e. The van der Waals surface area contributed by atoms with Gasteiger partial charge < -0.3 is 15.1 Å². The summed E-state index contributed by atoms with van der Waals surface area (Å²) < 4.78 is 0. The molecule has 0 spiro atoms. The minimum Gasteiger partial charge on any atom is -0.328 e. The second-order valence-corrected chi connectivity index (χ2v) is 4.86. The van der Waals surface area contributed by atoms with Gasteiger partial charge in [0.15, 0.2) is 0 Å². The summed E-state index contributed by atoms with van der Waals surface area (Å²) >= 11 is 0. The van der Waals surface area contributed by atoms with Crippen molar-refractivity contribution in [3.63, 3.8) is 0 Å². The van der Waals surface area contributed by atoms with Crippen molar-refractivity contribution in [1.29, 1.82) is 0 Å². The Balaban J connectivity index is 2.55. The van der Waals surface area contributed by atoms with Crippen LogP contribution < -0.4 is 5.32 Å². The van der Waals surface area contributed by atoms with Gasteiger partial charge in [-0.2, -0.15) is 0 Å². The van der Waals surface area contributed by atoms with Crippen molar-refractivity contribution >= 4 is 6.03 Å². The maximum absolute atomic E-state index is 12.1. The first-order valence-corrected chi connectivity index (χ1v) is 6.87. The maximum Gasteiger partial charge on any atom is 0.319 e. The Bertz CT molecular complexity index is 245. The number of hydrogen-bond acceptors (Lipinski definition) is 2. The van der Waals surface area contributed by atoms with Crippen molar-refractivity contribution in [2.45, 2.75) is 39.7 Å². The SMILES string of the molecule is CCNC1CCN(C(=O)N(C)CC)CC1CC. The molecule has 1 rings (SSSR count). The van der Waals surface area contributed by atoms with Crippen LogP contribution in [0.15, 0.2) is 0 Å². The summed E-state index contributed by atoms with van der Waals surface area (Å²) in [6.45, 7) is 9.96. The molecule has 4 heteroatoms. The standard InChI is InChI=1S/C13H27N3O/c1-5-11-10-16(13(17)15(4)7-3)9-8-12(11)14-6-2/h11-12,14H,5-10H2,1-4H3. The van der Waals surface area contributed by atoms with Gasteiger partial charge in [0.1, 0.15) is 0 Å². The van der Waals surface area contributed by atoms with Crippen molar-refractivity contribution in [2.75, 3.05) is 33.2 Å². The van der Waals surface area contributed by atoms with Gasteiger partial charge in [-0.3, -0.25) is 0 Å². The van der Waals surface area contributed by atoms with Crippen LogP contribution in [0.5, 0.6) is 0 Å². The molecule has 0 radical (unpaired) electrons. The summed E-state index contributed by atoms with van der Waals surface area (Å²) in [6.07, 6.45) is 2.22. The number of carbonyl (C=O) groups excluding carboxylic acids is 1. The van der Waals surface area contributed by atoms with E-state index in [1.54, 1.807) is 4.90 Å². The number of nitrogens with one attached hydrogen (secondary N) is 1. The Hall–Kier alpha value is -0.770. The first kappa shape index (κ1) is 14.3. The number of carbonyl (C=O) groups is 1. The van der Waals surface area contributed by atoms with E-state index in [1.807, 2.05) is 18.9 Å². The molecule has 2 amide bonds. The topological polar surface area (TPSA) is 35.6 Å². The quantitative estimate of drug-likeness (QED) is 0.814. The highest BCUT2D eigenvalue weighted by atomic mass is 16.2. The van der Waals surface area contributed by atoms with E-state index in [1.165, 1.54) is 0 Å². The van der Waals surface area contributed by atoms with Crippen LogP contribution in [0.25, 0.3) is 0 Å². The second-order valence-electron chi connectivity index (χ2n) is 4.86. The normalized spacial score (nSPS) is 24.8. The summed E-state index contributed by atoms with van der Waals surface area (Å²) in [4.78, 5) is 15.9. The predicted molar refractivity (Wildman–Crippen MR) is 71.1 cm³/mol. The molecule has 1 heterocycles. The molecule has 4 nitrogen and oxygen atoms in total. The maximum atomic E-state index is 12.1. The van der Waals surface area contributed by atoms with Crippen molar-refractivity contribution < 1.29 is 4.79 Å². The van der Waals surface area contributed by atoms with Crippen molar-refractivity contribution in [1.82, 2.24) is 15.1 Å². The molecular weight excluding hydrogens is 214 g/mol. The third-order valence-electron chi connectivity index (χ3n) is 3.80. The Morgan fingerprint density at radius 2 is 2.12 bits per heavy atom. The lowest BCUT2D eigenvalue weighted by Gasteiger charge is -2.40. The number of piperidine rings is 1. The monoisotopic (exact) mass is 241 g/mol. The number of nitrogens with zero attached hydrogens (tertiary/aromatic N) is 2. The fourth-order valence-corrected chi connectivity index (χ4v) is 2.53. The zero-order valence-electron chi connectivity index (χ0n) is 11.7. The molecule has 1 N–H and O–H groups in total. The van der Waals surface area contributed by atoms with Gasteiger partial charge in [-0.05, 0) is 25.8 Å². The van der Waals surface area contributed by atoms with E-state index < -0.39 is 0 Å². The molecule has 1 fully saturated rings. The van der Waals surface area contributed by atoms with Gasteiger partial charge in [-0.1, -0.05) is 20.3 Å². The first-order chi connectivity index (χ1) is 8.13. The Morgan fingerprint density at radius 3 is 2.65 bits per heavy atom. The van der Waals surface area contributed by atoms with Crippen LogP contribution in [0.4, 0.5) is 4.79 Å². The minimum absolute atomic E-state index is 0.181. The fraction of sp³-hybridized carbons (Fsp3) is 0.923. The zero-order valence-corrected chi connectivity index (χ0v) is 11.7. The summed E-state index contributed by atoms with van der Waals surface area (Å²) in [5.41, 5.74) is 0. The molecule has 1 aliphatic rings. The summed E-state index contributed by atoms with van der Waals surface area (Å²) in [6, 6.07) is 0.766. The smallest absolute Gasteiger partial charge is 0.319 e. The number of likely N-dealkylation sites (tertiary alicyclic amines) is 1.